The first kappa shape index (κ1) is 47.0. The molecule has 6 aromatic rings. The average Bonchev–Trinajstić information content (AvgIpc) is 4.24. The van der Waals surface area contributed by atoms with Gasteiger partial charge < -0.3 is 49.3 Å². The SMILES string of the molecule is CCc1ccc(C2Oc3cc(-c4cnc([C@@H]5CCCN5C(=O)[C@@H](NC(=O)OC)C(C)C)[nH]4)cc(F)c3-c3cc4cc(-c5cnc([C@@H]6CCCN6C(=O)[C@@H](NC(=O)OC)C6CCOCC6)[nH]5)ccc4n32)s1. The predicted molar refractivity (Wildman–Crippen MR) is 259 cm³/mol. The highest BCUT2D eigenvalue weighted by Crippen LogP contribution is 2.48. The number of fused-ring (bicyclic) bond motifs is 5. The van der Waals surface area contributed by atoms with Crippen LogP contribution < -0.4 is 15.4 Å². The molecule has 4 amide bonds. The van der Waals surface area contributed by atoms with Gasteiger partial charge in [-0.2, -0.15) is 0 Å². The Morgan fingerprint density at radius 2 is 1.49 bits per heavy atom. The first-order valence-electron chi connectivity index (χ1n) is 24.2. The minimum Gasteiger partial charge on any atom is -0.464 e. The summed E-state index contributed by atoms with van der Waals surface area (Å²) in [4.78, 5) is 74.7. The van der Waals surface area contributed by atoms with E-state index in [4.69, 9.17) is 28.9 Å². The van der Waals surface area contributed by atoms with E-state index in [-0.39, 0.29) is 35.7 Å². The summed E-state index contributed by atoms with van der Waals surface area (Å²) < 4.78 is 41.1. The molecule has 8 heterocycles. The molecule has 2 aromatic carbocycles. The van der Waals surface area contributed by atoms with Crippen molar-refractivity contribution in [2.24, 2.45) is 11.8 Å². The molecule has 10 rings (SSSR count). The van der Waals surface area contributed by atoms with Gasteiger partial charge in [0.25, 0.3) is 0 Å². The third kappa shape index (κ3) is 8.77. The largest absolute Gasteiger partial charge is 0.464 e. The Kier molecular flexibility index (Phi) is 13.1. The maximum Gasteiger partial charge on any atom is 0.407 e. The molecule has 1 unspecified atom stereocenters. The van der Waals surface area contributed by atoms with Gasteiger partial charge in [0.15, 0.2) is 0 Å². The number of carbonyl (C=O) groups excluding carboxylic acids is 4. The molecule has 17 nitrogen and oxygen atoms in total. The second-order valence-corrected chi connectivity index (χ2v) is 20.0. The molecule has 3 fully saturated rings. The number of ether oxygens (including phenoxy) is 4. The molecule has 19 heteroatoms. The lowest BCUT2D eigenvalue weighted by molar-refractivity contribution is -0.137. The van der Waals surface area contributed by atoms with Crippen molar-refractivity contribution in [3.05, 3.63) is 88.1 Å². The van der Waals surface area contributed by atoms with Gasteiger partial charge in [0.2, 0.25) is 18.0 Å². The minimum absolute atomic E-state index is 0.0733. The second-order valence-electron chi connectivity index (χ2n) is 18.8. The standard InChI is InChI=1S/C51H58FN9O8S/c1-6-32-12-14-41(70-32)49-61-36-13-11-29(34-25-53-45(55-34)38-10-8-18-60(38)48(63)44(58-51(65)67-5)28-15-19-68-20-16-28)21-31(36)23-39(61)42-33(52)22-30(24-40(42)69-49)35-26-54-46(56-35)37-9-7-17-59(37)47(62)43(27(2)3)57-50(64)66-4/h11-14,21-28,37-38,43-44,49H,6-10,15-20H2,1-5H3,(H,53,55)(H,54,56)(H,57,64)(H,58,65)/t37-,38-,43-,44-,49?/m0/s1. The molecule has 0 spiro atoms. The smallest absolute Gasteiger partial charge is 0.407 e. The van der Waals surface area contributed by atoms with Crippen LogP contribution in [0.25, 0.3) is 44.7 Å². The summed E-state index contributed by atoms with van der Waals surface area (Å²) in [7, 11) is 2.56. The lowest BCUT2D eigenvalue weighted by Crippen LogP contribution is -2.53. The number of imidazole rings is 2. The van der Waals surface area contributed by atoms with Gasteiger partial charge in [-0.1, -0.05) is 26.8 Å². The van der Waals surface area contributed by atoms with Crippen molar-refractivity contribution >= 4 is 46.2 Å². The number of nitrogens with one attached hydrogen (secondary N) is 4. The number of carbonyl (C=O) groups is 4. The van der Waals surface area contributed by atoms with Gasteiger partial charge in [-0.05, 0) is 99.2 Å². The number of amides is 4. The Hall–Kier alpha value is -6.73. The van der Waals surface area contributed by atoms with Crippen LogP contribution in [0.4, 0.5) is 14.0 Å². The molecule has 0 aliphatic carbocycles. The van der Waals surface area contributed by atoms with E-state index >= 15 is 4.39 Å². The number of benzene rings is 2. The lowest BCUT2D eigenvalue weighted by Gasteiger charge is -2.34. The van der Waals surface area contributed by atoms with Gasteiger partial charge in [0.1, 0.15) is 35.3 Å². The van der Waals surface area contributed by atoms with Crippen LogP contribution in [-0.4, -0.2) is 111 Å². The van der Waals surface area contributed by atoms with Gasteiger partial charge in [0, 0.05) is 47.7 Å². The molecule has 4 aliphatic heterocycles. The molecule has 4 aromatic heterocycles. The van der Waals surface area contributed by atoms with Crippen molar-refractivity contribution in [1.82, 2.24) is 44.9 Å². The Morgan fingerprint density at radius 3 is 2.13 bits per heavy atom. The summed E-state index contributed by atoms with van der Waals surface area (Å²) in [5.74, 6) is 0.542. The molecule has 0 radical (unpaired) electrons. The monoisotopic (exact) mass is 975 g/mol. The first-order valence-corrected chi connectivity index (χ1v) is 25.0. The van der Waals surface area contributed by atoms with E-state index in [1.54, 1.807) is 28.6 Å². The molecule has 368 valence electrons. The number of aryl methyl sites for hydroxylation is 1. The fourth-order valence-corrected chi connectivity index (χ4v) is 11.6. The summed E-state index contributed by atoms with van der Waals surface area (Å²) >= 11 is 1.66. The van der Waals surface area contributed by atoms with Crippen molar-refractivity contribution in [2.45, 2.75) is 96.1 Å². The number of halogens is 1. The van der Waals surface area contributed by atoms with Crippen LogP contribution in [0, 0.1) is 17.7 Å². The summed E-state index contributed by atoms with van der Waals surface area (Å²) in [5.41, 5.74) is 4.63. The van der Waals surface area contributed by atoms with Gasteiger partial charge in [0.05, 0.1) is 71.7 Å². The van der Waals surface area contributed by atoms with Crippen molar-refractivity contribution in [3.8, 4) is 39.5 Å². The highest BCUT2D eigenvalue weighted by molar-refractivity contribution is 7.12. The highest BCUT2D eigenvalue weighted by Gasteiger charge is 2.41. The number of nitrogens with zero attached hydrogens (tertiary/aromatic N) is 5. The number of likely N-dealkylation sites (tertiary alicyclic amines) is 2. The molecule has 0 bridgehead atoms. The van der Waals surface area contributed by atoms with Crippen LogP contribution in [0.2, 0.25) is 0 Å². The van der Waals surface area contributed by atoms with Crippen LogP contribution in [0.15, 0.2) is 60.9 Å². The van der Waals surface area contributed by atoms with E-state index in [0.717, 1.165) is 52.7 Å². The van der Waals surface area contributed by atoms with Crippen LogP contribution in [-0.2, 0) is 30.2 Å². The molecular weight excluding hydrogens is 918 g/mol. The number of methoxy groups -OCH3 is 2. The number of thiophene rings is 1. The third-order valence-electron chi connectivity index (χ3n) is 14.3. The van der Waals surface area contributed by atoms with Crippen LogP contribution >= 0.6 is 11.3 Å². The van der Waals surface area contributed by atoms with Crippen molar-refractivity contribution < 1.29 is 42.5 Å². The second kappa shape index (κ2) is 19.6. The Morgan fingerprint density at radius 1 is 0.829 bits per heavy atom. The van der Waals surface area contributed by atoms with E-state index < -0.39 is 36.3 Å². The van der Waals surface area contributed by atoms with Gasteiger partial charge in [-0.15, -0.1) is 11.3 Å². The topological polar surface area (TPSA) is 198 Å². The molecular formula is C51H58FN9O8S. The van der Waals surface area contributed by atoms with Gasteiger partial charge >= 0.3 is 12.2 Å². The fraction of sp³-hybridized carbons (Fsp3) is 0.451. The molecule has 0 saturated carbocycles. The molecule has 4 aliphatic rings. The summed E-state index contributed by atoms with van der Waals surface area (Å²) in [5, 5.41) is 6.38. The summed E-state index contributed by atoms with van der Waals surface area (Å²) in [6.45, 7) is 7.96. The molecule has 70 heavy (non-hydrogen) atoms. The van der Waals surface area contributed by atoms with Crippen molar-refractivity contribution in [1.29, 1.82) is 0 Å². The van der Waals surface area contributed by atoms with Gasteiger partial charge in [-0.25, -0.2) is 23.9 Å². The third-order valence-corrected chi connectivity index (χ3v) is 15.5. The average molecular weight is 976 g/mol. The normalized spacial score (nSPS) is 20.0. The van der Waals surface area contributed by atoms with E-state index in [1.165, 1.54) is 25.2 Å². The van der Waals surface area contributed by atoms with E-state index in [9.17, 15) is 19.2 Å². The van der Waals surface area contributed by atoms with Crippen LogP contribution in [0.5, 0.6) is 5.75 Å². The van der Waals surface area contributed by atoms with Crippen molar-refractivity contribution in [3.63, 3.8) is 0 Å². The van der Waals surface area contributed by atoms with E-state index in [2.05, 4.69) is 50.3 Å². The Bertz CT molecular complexity index is 2940. The number of hydrogen-bond acceptors (Lipinski definition) is 11. The lowest BCUT2D eigenvalue weighted by atomic mass is 9.90. The molecule has 3 saturated heterocycles. The zero-order valence-corrected chi connectivity index (χ0v) is 40.7. The zero-order valence-electron chi connectivity index (χ0n) is 39.9. The summed E-state index contributed by atoms with van der Waals surface area (Å²) in [6, 6.07) is 13.4. The molecule has 5 atom stereocenters. The highest BCUT2D eigenvalue weighted by atomic mass is 32.1. The number of H-pyrrole nitrogens is 2. The van der Waals surface area contributed by atoms with Crippen molar-refractivity contribution in [2.75, 3.05) is 40.5 Å². The van der Waals surface area contributed by atoms with E-state index in [0.29, 0.717) is 85.5 Å². The minimum atomic E-state index is -0.771. The number of rotatable bonds is 12. The fourth-order valence-electron chi connectivity index (χ4n) is 10.6. The van der Waals surface area contributed by atoms with E-state index in [1.807, 2.05) is 43.0 Å². The zero-order chi connectivity index (χ0) is 48.8. The summed E-state index contributed by atoms with van der Waals surface area (Å²) in [6.07, 6.45) is 6.67. The predicted octanol–water partition coefficient (Wildman–Crippen LogP) is 8.65. The Balaban J connectivity index is 0.948. The molecule has 4 N–H and O–H groups in total. The maximum atomic E-state index is 16.9. The number of alkyl carbamates (subject to hydrolysis) is 2. The quantitative estimate of drug-likeness (QED) is 0.0921. The van der Waals surface area contributed by atoms with Crippen LogP contribution in [0.3, 0.4) is 0 Å². The van der Waals surface area contributed by atoms with Crippen LogP contribution in [0.1, 0.15) is 99.0 Å². The number of hydrogen-bond donors (Lipinski definition) is 4. The first-order chi connectivity index (χ1) is 33.9. The van der Waals surface area contributed by atoms with Gasteiger partial charge in [-0.3, -0.25) is 14.2 Å². The number of aromatic nitrogens is 5. The maximum absolute atomic E-state index is 16.9. The Labute approximate surface area is 408 Å². The number of aromatic amines is 2.